The lowest BCUT2D eigenvalue weighted by molar-refractivity contribution is -0.385. The molecule has 1 fully saturated rings. The Bertz CT molecular complexity index is 747. The van der Waals surface area contributed by atoms with E-state index in [0.717, 1.165) is 24.6 Å². The zero-order valence-corrected chi connectivity index (χ0v) is 15.9. The number of nitrogens with zero attached hydrogens (tertiary/aromatic N) is 3. The molecule has 1 saturated heterocycles. The molecule has 0 aliphatic carbocycles. The van der Waals surface area contributed by atoms with Crippen LogP contribution < -0.4 is 0 Å². The molecular formula is C18H24FN3O5. The summed E-state index contributed by atoms with van der Waals surface area (Å²) in [5.74, 6) is -1.47. The van der Waals surface area contributed by atoms with Gasteiger partial charge in [0.15, 0.2) is 0 Å². The third-order valence-corrected chi connectivity index (χ3v) is 4.22. The highest BCUT2D eigenvalue weighted by molar-refractivity contribution is 5.95. The van der Waals surface area contributed by atoms with Gasteiger partial charge in [-0.15, -0.1) is 0 Å². The van der Waals surface area contributed by atoms with Crippen LogP contribution >= 0.6 is 0 Å². The SMILES string of the molecule is CN(CC1CCCN1C(=O)c1ccc([N+](=O)[O-])cc1F)C(=O)OC(C)(C)C. The Hall–Kier alpha value is -2.71. The van der Waals surface area contributed by atoms with Crippen LogP contribution in [0.25, 0.3) is 0 Å². The summed E-state index contributed by atoms with van der Waals surface area (Å²) in [7, 11) is 1.58. The number of nitro groups is 1. The normalized spacial score (nSPS) is 16.9. The van der Waals surface area contributed by atoms with Crippen LogP contribution in [0.2, 0.25) is 0 Å². The smallest absolute Gasteiger partial charge is 0.410 e. The standard InChI is InChI=1S/C18H24FN3O5/c1-18(2,3)27-17(24)20(4)11-13-6-5-9-21(13)16(23)14-8-7-12(22(25)26)10-15(14)19/h7-8,10,13H,5-6,9,11H2,1-4H3. The number of likely N-dealkylation sites (tertiary alicyclic amines) is 1. The minimum absolute atomic E-state index is 0.215. The average molecular weight is 381 g/mol. The molecule has 1 aliphatic heterocycles. The first-order chi connectivity index (χ1) is 12.5. The zero-order valence-electron chi connectivity index (χ0n) is 15.9. The number of carbonyl (C=O) groups is 2. The highest BCUT2D eigenvalue weighted by Gasteiger charge is 2.33. The summed E-state index contributed by atoms with van der Waals surface area (Å²) in [4.78, 5) is 37.8. The van der Waals surface area contributed by atoms with E-state index in [2.05, 4.69) is 0 Å². The van der Waals surface area contributed by atoms with Crippen molar-refractivity contribution in [3.63, 3.8) is 0 Å². The summed E-state index contributed by atoms with van der Waals surface area (Å²) in [5.41, 5.74) is -1.25. The average Bonchev–Trinajstić information content (AvgIpc) is 3.00. The lowest BCUT2D eigenvalue weighted by atomic mass is 10.1. The van der Waals surface area contributed by atoms with Crippen LogP contribution in [0.4, 0.5) is 14.9 Å². The van der Waals surface area contributed by atoms with Gasteiger partial charge in [0.25, 0.3) is 11.6 Å². The molecule has 0 bridgehead atoms. The molecule has 27 heavy (non-hydrogen) atoms. The second-order valence-electron chi connectivity index (χ2n) is 7.58. The van der Waals surface area contributed by atoms with E-state index in [-0.39, 0.29) is 18.2 Å². The van der Waals surface area contributed by atoms with Gasteiger partial charge in [-0.3, -0.25) is 14.9 Å². The van der Waals surface area contributed by atoms with Crippen molar-refractivity contribution in [2.24, 2.45) is 0 Å². The number of rotatable bonds is 4. The Morgan fingerprint density at radius 1 is 1.41 bits per heavy atom. The van der Waals surface area contributed by atoms with Crippen molar-refractivity contribution in [1.82, 2.24) is 9.80 Å². The van der Waals surface area contributed by atoms with Gasteiger partial charge in [-0.05, 0) is 39.7 Å². The number of hydrogen-bond acceptors (Lipinski definition) is 5. The van der Waals surface area contributed by atoms with Crippen molar-refractivity contribution in [1.29, 1.82) is 0 Å². The maximum Gasteiger partial charge on any atom is 0.410 e. The van der Waals surface area contributed by atoms with Crippen LogP contribution in [-0.4, -0.2) is 58.5 Å². The summed E-state index contributed by atoms with van der Waals surface area (Å²) in [5, 5.41) is 10.7. The van der Waals surface area contributed by atoms with Gasteiger partial charge in [-0.1, -0.05) is 0 Å². The van der Waals surface area contributed by atoms with E-state index < -0.39 is 34.0 Å². The van der Waals surface area contributed by atoms with Gasteiger partial charge in [-0.25, -0.2) is 9.18 Å². The lowest BCUT2D eigenvalue weighted by Crippen LogP contribution is -2.45. The third kappa shape index (κ3) is 5.15. The molecule has 1 atom stereocenters. The molecule has 0 spiro atoms. The number of amides is 2. The lowest BCUT2D eigenvalue weighted by Gasteiger charge is -2.30. The van der Waals surface area contributed by atoms with Gasteiger partial charge in [0.1, 0.15) is 11.4 Å². The summed E-state index contributed by atoms with van der Waals surface area (Å²) < 4.78 is 19.5. The topological polar surface area (TPSA) is 93.0 Å². The Labute approximate surface area is 157 Å². The van der Waals surface area contributed by atoms with Crippen LogP contribution in [0.5, 0.6) is 0 Å². The fraction of sp³-hybridized carbons (Fsp3) is 0.556. The number of hydrogen-bond donors (Lipinski definition) is 0. The van der Waals surface area contributed by atoms with Crippen molar-refractivity contribution in [2.45, 2.75) is 45.3 Å². The fourth-order valence-corrected chi connectivity index (χ4v) is 2.97. The molecule has 148 valence electrons. The Kier molecular flexibility index (Phi) is 6.02. The molecule has 2 amide bonds. The van der Waals surface area contributed by atoms with Crippen LogP contribution in [-0.2, 0) is 4.74 Å². The number of likely N-dealkylation sites (N-methyl/N-ethyl adjacent to an activating group) is 1. The number of nitro benzene ring substituents is 1. The van der Waals surface area contributed by atoms with Gasteiger partial charge in [0, 0.05) is 32.2 Å². The van der Waals surface area contributed by atoms with Crippen molar-refractivity contribution in [2.75, 3.05) is 20.1 Å². The predicted molar refractivity (Wildman–Crippen MR) is 96.0 cm³/mol. The minimum Gasteiger partial charge on any atom is -0.444 e. The molecule has 2 rings (SSSR count). The first-order valence-corrected chi connectivity index (χ1v) is 8.68. The van der Waals surface area contributed by atoms with Crippen LogP contribution in [0.1, 0.15) is 44.0 Å². The van der Waals surface area contributed by atoms with Gasteiger partial charge in [0.2, 0.25) is 0 Å². The summed E-state index contributed by atoms with van der Waals surface area (Å²) >= 11 is 0. The monoisotopic (exact) mass is 381 g/mol. The Morgan fingerprint density at radius 3 is 2.63 bits per heavy atom. The van der Waals surface area contributed by atoms with Crippen LogP contribution in [0.3, 0.4) is 0 Å². The van der Waals surface area contributed by atoms with Crippen molar-refractivity contribution >= 4 is 17.7 Å². The molecule has 0 aromatic heterocycles. The molecule has 1 aliphatic rings. The van der Waals surface area contributed by atoms with E-state index in [1.807, 2.05) is 0 Å². The Balaban J connectivity index is 2.10. The first kappa shape index (κ1) is 20.6. The van der Waals surface area contributed by atoms with Gasteiger partial charge < -0.3 is 14.5 Å². The van der Waals surface area contributed by atoms with Gasteiger partial charge >= 0.3 is 6.09 Å². The minimum atomic E-state index is -0.930. The molecule has 1 heterocycles. The van der Waals surface area contributed by atoms with E-state index in [0.29, 0.717) is 13.0 Å². The van der Waals surface area contributed by atoms with Crippen LogP contribution in [0, 0.1) is 15.9 Å². The molecular weight excluding hydrogens is 357 g/mol. The second-order valence-corrected chi connectivity index (χ2v) is 7.58. The van der Waals surface area contributed by atoms with Crippen molar-refractivity contribution < 1.29 is 23.6 Å². The van der Waals surface area contributed by atoms with E-state index in [9.17, 15) is 24.1 Å². The maximum atomic E-state index is 14.2. The predicted octanol–water partition coefficient (Wildman–Crippen LogP) is 3.21. The number of ether oxygens (including phenoxy) is 1. The van der Waals surface area contributed by atoms with Gasteiger partial charge in [0.05, 0.1) is 16.6 Å². The van der Waals surface area contributed by atoms with E-state index in [1.165, 1.54) is 9.80 Å². The molecule has 0 N–H and O–H groups in total. The summed E-state index contributed by atoms with van der Waals surface area (Å²) in [6.07, 6.45) is 0.906. The van der Waals surface area contributed by atoms with Crippen molar-refractivity contribution in [3.8, 4) is 0 Å². The third-order valence-electron chi connectivity index (χ3n) is 4.22. The fourth-order valence-electron chi connectivity index (χ4n) is 2.97. The first-order valence-electron chi connectivity index (χ1n) is 8.68. The molecule has 8 nitrogen and oxygen atoms in total. The largest absolute Gasteiger partial charge is 0.444 e. The molecule has 9 heteroatoms. The maximum absolute atomic E-state index is 14.2. The summed E-state index contributed by atoms with van der Waals surface area (Å²) in [6, 6.07) is 2.70. The number of carbonyl (C=O) groups excluding carboxylic acids is 2. The number of halogens is 1. The molecule has 0 saturated carbocycles. The van der Waals surface area contributed by atoms with E-state index >= 15 is 0 Å². The highest BCUT2D eigenvalue weighted by atomic mass is 19.1. The second kappa shape index (κ2) is 7.89. The molecule has 0 radical (unpaired) electrons. The van der Waals surface area contributed by atoms with Crippen molar-refractivity contribution in [3.05, 3.63) is 39.7 Å². The quantitative estimate of drug-likeness (QED) is 0.590. The van der Waals surface area contributed by atoms with Gasteiger partial charge in [-0.2, -0.15) is 0 Å². The summed E-state index contributed by atoms with van der Waals surface area (Å²) in [6.45, 7) is 5.99. The Morgan fingerprint density at radius 2 is 2.07 bits per heavy atom. The number of benzene rings is 1. The van der Waals surface area contributed by atoms with E-state index in [4.69, 9.17) is 4.74 Å². The molecule has 1 unspecified atom stereocenters. The number of non-ortho nitro benzene ring substituents is 1. The molecule has 1 aromatic carbocycles. The molecule has 1 aromatic rings. The highest BCUT2D eigenvalue weighted by Crippen LogP contribution is 2.24. The van der Waals surface area contributed by atoms with Crippen LogP contribution in [0.15, 0.2) is 18.2 Å². The van der Waals surface area contributed by atoms with E-state index in [1.54, 1.807) is 27.8 Å². The zero-order chi connectivity index (χ0) is 20.4.